The molecule has 0 spiro atoms. The Bertz CT molecular complexity index is 1320. The number of amides is 1. The first-order valence-electron chi connectivity index (χ1n) is 10.7. The van der Waals surface area contributed by atoms with E-state index in [9.17, 15) is 4.79 Å². The van der Waals surface area contributed by atoms with E-state index in [4.69, 9.17) is 11.6 Å². The summed E-state index contributed by atoms with van der Waals surface area (Å²) in [6.07, 6.45) is 0. The highest BCUT2D eigenvalue weighted by atomic mass is 35.5. The van der Waals surface area contributed by atoms with E-state index >= 15 is 0 Å². The second kappa shape index (κ2) is 9.23. The van der Waals surface area contributed by atoms with Crippen molar-refractivity contribution in [2.75, 3.05) is 16.0 Å². The molecular weight excluding hydrogens is 430 g/mol. The van der Waals surface area contributed by atoms with E-state index in [1.165, 1.54) is 0 Å². The van der Waals surface area contributed by atoms with Crippen molar-refractivity contribution in [1.29, 1.82) is 0 Å². The lowest BCUT2D eigenvalue weighted by molar-refractivity contribution is -0.110. The average Bonchev–Trinajstić information content (AvgIpc) is 3.17. The summed E-state index contributed by atoms with van der Waals surface area (Å²) in [4.78, 5) is 13.0. The van der Waals surface area contributed by atoms with E-state index in [0.717, 1.165) is 46.0 Å². The van der Waals surface area contributed by atoms with Gasteiger partial charge in [-0.15, -0.1) is 0 Å². The Morgan fingerprint density at radius 2 is 1.48 bits per heavy atom. The summed E-state index contributed by atoms with van der Waals surface area (Å²) < 4.78 is 0. The number of rotatable bonds is 6. The first-order chi connectivity index (χ1) is 16.2. The lowest BCUT2D eigenvalue weighted by atomic mass is 10.00. The topological polar surface area (TPSA) is 53.2 Å². The van der Waals surface area contributed by atoms with Gasteiger partial charge in [0.25, 0.3) is 5.91 Å². The molecule has 4 aromatic rings. The first-order valence-corrected chi connectivity index (χ1v) is 11.1. The molecule has 33 heavy (non-hydrogen) atoms. The molecule has 5 heteroatoms. The third kappa shape index (κ3) is 4.61. The molecule has 3 N–H and O–H groups in total. The molecule has 0 unspecified atom stereocenters. The number of para-hydroxylation sites is 1. The molecule has 0 saturated carbocycles. The van der Waals surface area contributed by atoms with Crippen molar-refractivity contribution in [2.45, 2.75) is 6.54 Å². The fraction of sp³-hybridized carbons (Fsp3) is 0.0357. The Hall–Kier alpha value is -4.02. The van der Waals surface area contributed by atoms with Crippen molar-refractivity contribution in [3.8, 4) is 0 Å². The molecule has 0 aliphatic carbocycles. The van der Waals surface area contributed by atoms with Gasteiger partial charge in [-0.2, -0.15) is 0 Å². The largest absolute Gasteiger partial charge is 0.381 e. The highest BCUT2D eigenvalue weighted by Gasteiger charge is 2.28. The monoisotopic (exact) mass is 451 g/mol. The Morgan fingerprint density at radius 1 is 0.788 bits per heavy atom. The summed E-state index contributed by atoms with van der Waals surface area (Å²) in [6, 6.07) is 33.7. The number of benzene rings is 4. The zero-order chi connectivity index (χ0) is 22.6. The highest BCUT2D eigenvalue weighted by molar-refractivity contribution is 6.38. The van der Waals surface area contributed by atoms with Gasteiger partial charge in [-0.05, 0) is 47.5 Å². The van der Waals surface area contributed by atoms with Crippen molar-refractivity contribution in [3.63, 3.8) is 0 Å². The molecule has 162 valence electrons. The summed E-state index contributed by atoms with van der Waals surface area (Å²) in [6.45, 7) is 0.730. The highest BCUT2D eigenvalue weighted by Crippen LogP contribution is 2.38. The van der Waals surface area contributed by atoms with Gasteiger partial charge in [-0.25, -0.2) is 0 Å². The number of fused-ring (bicyclic) bond motifs is 1. The molecule has 0 fully saturated rings. The zero-order valence-corrected chi connectivity index (χ0v) is 18.6. The van der Waals surface area contributed by atoms with Crippen LogP contribution in [0, 0.1) is 0 Å². The van der Waals surface area contributed by atoms with Crippen LogP contribution >= 0.6 is 11.6 Å². The standard InChI is InChI=1S/C28H22ClN3O/c29-21-13-16-24-25(17-21)32-28(33)26(24)27(20-7-3-1-4-8-20)31-23-14-11-19(12-15-23)18-30-22-9-5-2-6-10-22/h1-17,30-31H,18H2,(H,32,33)/b27-26-. The third-order valence-electron chi connectivity index (χ3n) is 5.53. The zero-order valence-electron chi connectivity index (χ0n) is 17.8. The van der Waals surface area contributed by atoms with Crippen LogP contribution in [-0.4, -0.2) is 5.91 Å². The quantitative estimate of drug-likeness (QED) is 0.280. The maximum Gasteiger partial charge on any atom is 0.258 e. The van der Waals surface area contributed by atoms with Crippen molar-refractivity contribution in [2.24, 2.45) is 0 Å². The third-order valence-corrected chi connectivity index (χ3v) is 5.77. The summed E-state index contributed by atoms with van der Waals surface area (Å²) >= 11 is 6.14. The van der Waals surface area contributed by atoms with Gasteiger partial charge < -0.3 is 16.0 Å². The average molecular weight is 452 g/mol. The predicted molar refractivity (Wildman–Crippen MR) is 137 cm³/mol. The summed E-state index contributed by atoms with van der Waals surface area (Å²) in [5.41, 5.74) is 6.99. The molecule has 1 heterocycles. The Labute approximate surface area is 197 Å². The lowest BCUT2D eigenvalue weighted by Crippen LogP contribution is -2.10. The van der Waals surface area contributed by atoms with Crippen LogP contribution in [0.15, 0.2) is 103 Å². The number of carbonyl (C=O) groups is 1. The van der Waals surface area contributed by atoms with Gasteiger partial charge in [0.1, 0.15) is 0 Å². The van der Waals surface area contributed by atoms with Crippen LogP contribution in [0.1, 0.15) is 16.7 Å². The maximum atomic E-state index is 13.0. The van der Waals surface area contributed by atoms with E-state index in [1.807, 2.05) is 78.9 Å². The smallest absolute Gasteiger partial charge is 0.258 e. The molecule has 5 rings (SSSR count). The summed E-state index contributed by atoms with van der Waals surface area (Å²) in [5, 5.41) is 10.4. The number of nitrogens with one attached hydrogen (secondary N) is 3. The molecule has 1 amide bonds. The first kappa shape index (κ1) is 20.9. The minimum Gasteiger partial charge on any atom is -0.381 e. The minimum atomic E-state index is -0.151. The van der Waals surface area contributed by atoms with Crippen LogP contribution in [0.4, 0.5) is 17.1 Å². The SMILES string of the molecule is O=C1Nc2cc(Cl)ccc2/C1=C(/Nc1ccc(CNc2ccccc2)cc1)c1ccccc1. The number of halogens is 1. The molecule has 0 aromatic heterocycles. The fourth-order valence-electron chi connectivity index (χ4n) is 3.89. The van der Waals surface area contributed by atoms with Gasteiger partial charge in [-0.1, -0.05) is 78.3 Å². The molecule has 4 nitrogen and oxygen atoms in total. The van der Waals surface area contributed by atoms with Gasteiger partial charge >= 0.3 is 0 Å². The fourth-order valence-corrected chi connectivity index (χ4v) is 4.06. The van der Waals surface area contributed by atoms with Gasteiger partial charge in [0.15, 0.2) is 0 Å². The van der Waals surface area contributed by atoms with Crippen molar-refractivity contribution in [1.82, 2.24) is 0 Å². The molecule has 1 aliphatic rings. The van der Waals surface area contributed by atoms with Crippen LogP contribution in [0.5, 0.6) is 0 Å². The Kier molecular flexibility index (Phi) is 5.83. The van der Waals surface area contributed by atoms with Crippen molar-refractivity contribution < 1.29 is 4.79 Å². The van der Waals surface area contributed by atoms with Crippen LogP contribution in [0.2, 0.25) is 5.02 Å². The maximum absolute atomic E-state index is 13.0. The van der Waals surface area contributed by atoms with E-state index in [2.05, 4.69) is 28.1 Å². The van der Waals surface area contributed by atoms with Crippen molar-refractivity contribution >= 4 is 45.8 Å². The molecule has 0 atom stereocenters. The van der Waals surface area contributed by atoms with E-state index in [0.29, 0.717) is 10.6 Å². The van der Waals surface area contributed by atoms with E-state index in [-0.39, 0.29) is 5.91 Å². The summed E-state index contributed by atoms with van der Waals surface area (Å²) in [5.74, 6) is -0.151. The lowest BCUT2D eigenvalue weighted by Gasteiger charge is -2.15. The summed E-state index contributed by atoms with van der Waals surface area (Å²) in [7, 11) is 0. The molecule has 0 bridgehead atoms. The van der Waals surface area contributed by atoms with Crippen LogP contribution < -0.4 is 16.0 Å². The van der Waals surface area contributed by atoms with Crippen LogP contribution in [0.3, 0.4) is 0 Å². The number of carbonyl (C=O) groups excluding carboxylic acids is 1. The predicted octanol–water partition coefficient (Wildman–Crippen LogP) is 6.88. The minimum absolute atomic E-state index is 0.151. The second-order valence-corrected chi connectivity index (χ2v) is 8.24. The van der Waals surface area contributed by atoms with Gasteiger partial charge in [0, 0.05) is 28.5 Å². The Balaban J connectivity index is 1.45. The molecular formula is C28H22ClN3O. The molecule has 0 saturated heterocycles. The van der Waals surface area contributed by atoms with E-state index in [1.54, 1.807) is 12.1 Å². The second-order valence-electron chi connectivity index (χ2n) is 7.80. The number of anilines is 3. The molecule has 4 aromatic carbocycles. The van der Waals surface area contributed by atoms with Gasteiger partial charge in [0.05, 0.1) is 17.0 Å². The number of hydrogen-bond donors (Lipinski definition) is 3. The van der Waals surface area contributed by atoms with Crippen molar-refractivity contribution in [3.05, 3.63) is 125 Å². The van der Waals surface area contributed by atoms with Crippen LogP contribution in [0.25, 0.3) is 11.3 Å². The number of hydrogen-bond acceptors (Lipinski definition) is 3. The van der Waals surface area contributed by atoms with E-state index < -0.39 is 0 Å². The van der Waals surface area contributed by atoms with Crippen LogP contribution in [-0.2, 0) is 11.3 Å². The molecule has 1 aliphatic heterocycles. The molecule has 0 radical (unpaired) electrons. The van der Waals surface area contributed by atoms with Gasteiger partial charge in [0.2, 0.25) is 0 Å². The Morgan fingerprint density at radius 3 is 2.21 bits per heavy atom. The van der Waals surface area contributed by atoms with Gasteiger partial charge in [-0.3, -0.25) is 4.79 Å². The normalized spacial score (nSPS) is 13.8.